The van der Waals surface area contributed by atoms with E-state index in [9.17, 15) is 4.79 Å². The monoisotopic (exact) mass is 311 g/mol. The maximum atomic E-state index is 12.5. The highest BCUT2D eigenvalue weighted by Crippen LogP contribution is 2.29. The van der Waals surface area contributed by atoms with Gasteiger partial charge in [0.1, 0.15) is 0 Å². The summed E-state index contributed by atoms with van der Waals surface area (Å²) < 4.78 is 0. The maximum Gasteiger partial charge on any atom is 0.322 e. The van der Waals surface area contributed by atoms with Crippen LogP contribution in [0.15, 0.2) is 42.6 Å². The fourth-order valence-corrected chi connectivity index (χ4v) is 3.26. The van der Waals surface area contributed by atoms with Gasteiger partial charge in [0.2, 0.25) is 0 Å². The zero-order valence-electron chi connectivity index (χ0n) is 13.9. The molecule has 122 valence electrons. The topological polar surface area (TPSA) is 45.2 Å². The number of benzene rings is 1. The van der Waals surface area contributed by atoms with Crippen LogP contribution in [0, 0.1) is 6.92 Å². The van der Waals surface area contributed by atoms with Crippen molar-refractivity contribution in [3.63, 3.8) is 0 Å². The molecule has 2 unspecified atom stereocenters. The number of carbonyl (C=O) groups is 1. The summed E-state index contributed by atoms with van der Waals surface area (Å²) in [5, 5.41) is 3.04. The van der Waals surface area contributed by atoms with E-state index in [0.29, 0.717) is 12.1 Å². The molecule has 0 saturated carbocycles. The summed E-state index contributed by atoms with van der Waals surface area (Å²) in [5.74, 6) is 0. The van der Waals surface area contributed by atoms with E-state index in [-0.39, 0.29) is 7.46 Å². The van der Waals surface area contributed by atoms with Crippen molar-refractivity contribution in [2.75, 3.05) is 5.32 Å². The van der Waals surface area contributed by atoms with Gasteiger partial charge in [-0.15, -0.1) is 0 Å². The summed E-state index contributed by atoms with van der Waals surface area (Å²) in [5.41, 5.74) is 3.93. The van der Waals surface area contributed by atoms with Crippen molar-refractivity contribution < 1.29 is 6.22 Å². The highest BCUT2D eigenvalue weighted by atomic mass is 16.2. The van der Waals surface area contributed by atoms with Gasteiger partial charge in [-0.3, -0.25) is 4.98 Å². The fourth-order valence-electron chi connectivity index (χ4n) is 3.26. The molecule has 1 aromatic carbocycles. The third kappa shape index (κ3) is 3.07. The lowest BCUT2D eigenvalue weighted by atomic mass is 9.93. The van der Waals surface area contributed by atoms with Gasteiger partial charge in [0.05, 0.1) is 5.69 Å². The number of likely N-dealkylation sites (tertiary alicyclic amines) is 1. The Hall–Kier alpha value is -2.36. The van der Waals surface area contributed by atoms with Crippen LogP contribution in [0.25, 0.3) is 11.3 Å². The molecule has 2 amide bonds. The predicted molar refractivity (Wildman–Crippen MR) is 95.5 cm³/mol. The molecule has 1 aliphatic heterocycles. The number of carbonyl (C=O) groups excluding carboxylic acids is 1. The Balaban J connectivity index is 0.00000208. The number of hydrogen-bond donors (Lipinski definition) is 1. The van der Waals surface area contributed by atoms with Crippen molar-refractivity contribution in [3.8, 4) is 11.3 Å². The van der Waals surface area contributed by atoms with Crippen molar-refractivity contribution in [2.45, 2.75) is 45.7 Å². The van der Waals surface area contributed by atoms with Gasteiger partial charge in [0, 0.05) is 31.0 Å². The molecule has 1 aromatic heterocycles. The molecule has 1 N–H and O–H groups in total. The third-order valence-corrected chi connectivity index (χ3v) is 4.62. The van der Waals surface area contributed by atoms with Crippen LogP contribution in [0.2, 0.25) is 0 Å². The van der Waals surface area contributed by atoms with Crippen molar-refractivity contribution in [1.29, 1.82) is 0 Å². The Morgan fingerprint density at radius 3 is 2.87 bits per heavy atom. The fraction of sp³-hybridized carbons (Fsp3) is 0.368. The molecular weight excluding hydrogens is 286 g/mol. The van der Waals surface area contributed by atoms with Crippen LogP contribution in [-0.4, -0.2) is 28.0 Å². The van der Waals surface area contributed by atoms with E-state index in [1.54, 1.807) is 6.20 Å². The van der Waals surface area contributed by atoms with Crippen molar-refractivity contribution >= 4 is 11.7 Å². The smallest absolute Gasteiger partial charge is 0.319 e. The second-order valence-corrected chi connectivity index (χ2v) is 6.23. The molecular formula is C19H25N3O. The van der Waals surface area contributed by atoms with E-state index in [1.807, 2.05) is 41.3 Å². The second kappa shape index (κ2) is 6.41. The number of aryl methyl sites for hydroxylation is 1. The molecule has 4 heteroatoms. The van der Waals surface area contributed by atoms with Gasteiger partial charge in [0.25, 0.3) is 0 Å². The lowest BCUT2D eigenvalue weighted by Gasteiger charge is -2.46. The first-order valence-corrected chi connectivity index (χ1v) is 8.21. The minimum atomic E-state index is -0.00794. The zero-order valence-corrected chi connectivity index (χ0v) is 13.9. The molecule has 1 aliphatic rings. The average Bonchev–Trinajstić information content (AvgIpc) is 2.54. The summed E-state index contributed by atoms with van der Waals surface area (Å²) in [6, 6.07) is 12.5. The molecule has 1 saturated heterocycles. The zero-order chi connectivity index (χ0) is 16.4. The van der Waals surface area contributed by atoms with Crippen LogP contribution in [-0.2, 0) is 0 Å². The van der Waals surface area contributed by atoms with Crippen LogP contribution in [0.4, 0.5) is 10.5 Å². The Labute approximate surface area is 139 Å². The second-order valence-electron chi connectivity index (χ2n) is 6.23. The lowest BCUT2D eigenvalue weighted by Crippen LogP contribution is -2.58. The van der Waals surface area contributed by atoms with Crippen LogP contribution in [0.5, 0.6) is 0 Å². The summed E-state index contributed by atoms with van der Waals surface area (Å²) in [7, 11) is 0. The molecule has 4 nitrogen and oxygen atoms in total. The summed E-state index contributed by atoms with van der Waals surface area (Å²) in [4.78, 5) is 18.9. The Morgan fingerprint density at radius 1 is 1.39 bits per heavy atom. The van der Waals surface area contributed by atoms with Gasteiger partial charge < -0.3 is 10.2 Å². The van der Waals surface area contributed by atoms with Crippen LogP contribution in [0.3, 0.4) is 0 Å². The van der Waals surface area contributed by atoms with Crippen LogP contribution >= 0.6 is 0 Å². The summed E-state index contributed by atoms with van der Waals surface area (Å²) in [6.45, 7) is 6.28. The number of rotatable bonds is 3. The number of nitrogens with zero attached hydrogens (tertiary/aromatic N) is 2. The molecule has 2 aromatic rings. The van der Waals surface area contributed by atoms with Crippen molar-refractivity contribution in [2.24, 2.45) is 0 Å². The largest absolute Gasteiger partial charge is 0.322 e. The lowest BCUT2D eigenvalue weighted by molar-refractivity contribution is 0.0688. The molecule has 0 bridgehead atoms. The maximum absolute atomic E-state index is 12.5. The number of amides is 2. The van der Waals surface area contributed by atoms with Crippen LogP contribution < -0.4 is 5.32 Å². The highest BCUT2D eigenvalue weighted by molar-refractivity contribution is 5.91. The first kappa shape index (κ1) is 15.5. The van der Waals surface area contributed by atoms with Gasteiger partial charge in [0.15, 0.2) is 0 Å². The van der Waals surface area contributed by atoms with E-state index < -0.39 is 0 Å². The standard InChI is InChI=1S/C19H23N3O.H2/c1-4-16-11-14(3)22(16)19(23)21-15-9-8-13(2)17(12-15)18-7-5-6-10-20-18;/h5-10,12,14,16H,4,11H2,1-3H3,(H,21,23);1H. The Kier molecular flexibility index (Phi) is 4.33. The first-order chi connectivity index (χ1) is 11.1. The molecule has 2 atom stereocenters. The van der Waals surface area contributed by atoms with Gasteiger partial charge in [-0.2, -0.15) is 0 Å². The molecule has 23 heavy (non-hydrogen) atoms. The molecule has 2 heterocycles. The van der Waals surface area contributed by atoms with Crippen LogP contribution in [0.1, 0.15) is 33.7 Å². The third-order valence-electron chi connectivity index (χ3n) is 4.62. The minimum absolute atomic E-state index is 0. The molecule has 0 spiro atoms. The average molecular weight is 311 g/mol. The molecule has 0 radical (unpaired) electrons. The molecule has 0 aliphatic carbocycles. The van der Waals surface area contributed by atoms with Crippen molar-refractivity contribution in [1.82, 2.24) is 9.88 Å². The highest BCUT2D eigenvalue weighted by Gasteiger charge is 2.37. The number of urea groups is 1. The number of nitrogens with one attached hydrogen (secondary N) is 1. The number of aromatic nitrogens is 1. The first-order valence-electron chi connectivity index (χ1n) is 8.21. The molecule has 1 fully saturated rings. The van der Waals surface area contributed by atoms with Gasteiger partial charge in [-0.25, -0.2) is 4.79 Å². The van der Waals surface area contributed by atoms with Gasteiger partial charge >= 0.3 is 6.03 Å². The Bertz CT molecular complexity index is 705. The van der Waals surface area contributed by atoms with Crippen molar-refractivity contribution in [3.05, 3.63) is 48.2 Å². The van der Waals surface area contributed by atoms with E-state index in [1.165, 1.54) is 0 Å². The van der Waals surface area contributed by atoms with Gasteiger partial charge in [-0.1, -0.05) is 19.1 Å². The summed E-state index contributed by atoms with van der Waals surface area (Å²) >= 11 is 0. The molecule has 3 rings (SSSR count). The number of hydrogen-bond acceptors (Lipinski definition) is 2. The Morgan fingerprint density at radius 2 is 2.22 bits per heavy atom. The van der Waals surface area contributed by atoms with Gasteiger partial charge in [-0.05, 0) is 56.5 Å². The number of pyridine rings is 1. The quantitative estimate of drug-likeness (QED) is 0.892. The number of anilines is 1. The SMILES string of the molecule is CCC1CC(C)N1C(=O)Nc1ccc(C)c(-c2ccccn2)c1.[HH]. The van der Waals surface area contributed by atoms with E-state index in [2.05, 4.69) is 31.1 Å². The summed E-state index contributed by atoms with van der Waals surface area (Å²) in [6.07, 6.45) is 3.88. The van der Waals surface area contributed by atoms with E-state index >= 15 is 0 Å². The van der Waals surface area contributed by atoms with E-state index in [0.717, 1.165) is 35.3 Å². The normalized spacial score (nSPS) is 20.0. The van der Waals surface area contributed by atoms with E-state index in [4.69, 9.17) is 0 Å². The predicted octanol–water partition coefficient (Wildman–Crippen LogP) is 4.71. The minimum Gasteiger partial charge on any atom is -0.319 e.